The number of H-pyrrole nitrogens is 1. The summed E-state index contributed by atoms with van der Waals surface area (Å²) in [6, 6.07) is 17.6. The van der Waals surface area contributed by atoms with Crippen molar-refractivity contribution in [2.45, 2.75) is 25.4 Å². The third-order valence-corrected chi connectivity index (χ3v) is 5.47. The lowest BCUT2D eigenvalue weighted by molar-refractivity contribution is 0.141. The number of nitrogens with one attached hydrogen (secondary N) is 1. The molecular weight excluding hydrogens is 256 g/mol. The van der Waals surface area contributed by atoms with Crippen molar-refractivity contribution in [2.75, 3.05) is 6.54 Å². The molecule has 2 aromatic carbocycles. The fourth-order valence-electron chi connectivity index (χ4n) is 4.38. The zero-order chi connectivity index (χ0) is 14.0. The topological polar surface area (TPSA) is 19.0 Å². The molecular formula is C19H18N2. The Kier molecular flexibility index (Phi) is 2.08. The van der Waals surface area contributed by atoms with Gasteiger partial charge in [0.15, 0.2) is 0 Å². The van der Waals surface area contributed by atoms with Crippen molar-refractivity contribution in [3.63, 3.8) is 0 Å². The minimum atomic E-state index is 0.00317. The van der Waals surface area contributed by atoms with Crippen LogP contribution >= 0.6 is 0 Å². The maximum Gasteiger partial charge on any atom is 0.0847 e. The smallest absolute Gasteiger partial charge is 0.0847 e. The molecule has 0 bridgehead atoms. The largest absolute Gasteiger partial charge is 0.356 e. The predicted molar refractivity (Wildman–Crippen MR) is 85.3 cm³/mol. The van der Waals surface area contributed by atoms with Gasteiger partial charge in [0.05, 0.1) is 5.54 Å². The predicted octanol–water partition coefficient (Wildman–Crippen LogP) is 3.80. The van der Waals surface area contributed by atoms with E-state index in [1.165, 1.54) is 33.3 Å². The number of para-hydroxylation sites is 1. The van der Waals surface area contributed by atoms with Crippen LogP contribution in [0.1, 0.15) is 29.3 Å². The van der Waals surface area contributed by atoms with Gasteiger partial charge in [-0.15, -0.1) is 0 Å². The molecule has 0 radical (unpaired) electrons. The first-order valence-corrected chi connectivity index (χ1v) is 7.72. The van der Waals surface area contributed by atoms with Crippen LogP contribution < -0.4 is 0 Å². The first-order valence-electron chi connectivity index (χ1n) is 7.72. The molecule has 2 nitrogen and oxygen atoms in total. The normalized spacial score (nSPS) is 23.9. The molecule has 104 valence electrons. The summed E-state index contributed by atoms with van der Waals surface area (Å²) in [7, 11) is 0. The van der Waals surface area contributed by atoms with Crippen molar-refractivity contribution in [1.29, 1.82) is 0 Å². The van der Waals surface area contributed by atoms with Gasteiger partial charge in [-0.25, -0.2) is 0 Å². The van der Waals surface area contributed by atoms with Gasteiger partial charge in [0.1, 0.15) is 0 Å². The van der Waals surface area contributed by atoms with E-state index in [1.807, 2.05) is 0 Å². The highest BCUT2D eigenvalue weighted by Crippen LogP contribution is 2.48. The molecule has 1 N–H and O–H groups in total. The van der Waals surface area contributed by atoms with Crippen LogP contribution in [0, 0.1) is 0 Å². The zero-order valence-electron chi connectivity index (χ0n) is 12.2. The van der Waals surface area contributed by atoms with Gasteiger partial charge in [-0.05, 0) is 36.1 Å². The molecule has 0 spiro atoms. The summed E-state index contributed by atoms with van der Waals surface area (Å²) >= 11 is 0. The molecule has 2 aliphatic rings. The highest BCUT2D eigenvalue weighted by atomic mass is 15.2. The van der Waals surface area contributed by atoms with E-state index in [9.17, 15) is 0 Å². The summed E-state index contributed by atoms with van der Waals surface area (Å²) in [5, 5.41) is 1.40. The third-order valence-electron chi connectivity index (χ3n) is 5.47. The first-order chi connectivity index (χ1) is 10.3. The minimum Gasteiger partial charge on any atom is -0.356 e. The standard InChI is InChI=1S/C19H18N2/c1-19-16-8-4-2-6-13(16)12-21(19)11-10-15-14-7-3-5-9-17(14)20-18(15)19/h2-9,20H,10-12H2,1H3/t19-/m1/s1. The van der Waals surface area contributed by atoms with E-state index in [0.29, 0.717) is 0 Å². The van der Waals surface area contributed by atoms with E-state index < -0.39 is 0 Å². The van der Waals surface area contributed by atoms with Crippen LogP contribution in [0.5, 0.6) is 0 Å². The average Bonchev–Trinajstić information content (AvgIpc) is 3.03. The maximum absolute atomic E-state index is 3.73. The molecule has 2 aliphatic heterocycles. The summed E-state index contributed by atoms with van der Waals surface area (Å²) in [5.41, 5.74) is 7.14. The van der Waals surface area contributed by atoms with E-state index in [1.54, 1.807) is 0 Å². The van der Waals surface area contributed by atoms with Crippen molar-refractivity contribution >= 4 is 10.9 Å². The second kappa shape index (κ2) is 3.77. The van der Waals surface area contributed by atoms with Crippen LogP contribution in [0.25, 0.3) is 10.9 Å². The number of aromatic amines is 1. The molecule has 0 aliphatic carbocycles. The van der Waals surface area contributed by atoms with Crippen molar-refractivity contribution in [3.8, 4) is 0 Å². The van der Waals surface area contributed by atoms with E-state index in [-0.39, 0.29) is 5.54 Å². The van der Waals surface area contributed by atoms with Gasteiger partial charge >= 0.3 is 0 Å². The molecule has 1 aromatic heterocycles. The van der Waals surface area contributed by atoms with Gasteiger partial charge in [0.2, 0.25) is 0 Å². The Bertz CT molecular complexity index is 861. The van der Waals surface area contributed by atoms with Crippen molar-refractivity contribution in [3.05, 3.63) is 70.9 Å². The lowest BCUT2D eigenvalue weighted by Crippen LogP contribution is -2.44. The number of fused-ring (bicyclic) bond motifs is 7. The maximum atomic E-state index is 3.73. The van der Waals surface area contributed by atoms with Crippen LogP contribution in [-0.2, 0) is 18.5 Å². The van der Waals surface area contributed by atoms with Gasteiger partial charge in [-0.2, -0.15) is 0 Å². The lowest BCUT2D eigenvalue weighted by Gasteiger charge is -2.40. The molecule has 21 heavy (non-hydrogen) atoms. The molecule has 0 unspecified atom stereocenters. The molecule has 1 atom stereocenters. The molecule has 3 heterocycles. The van der Waals surface area contributed by atoms with Crippen molar-refractivity contribution in [1.82, 2.24) is 9.88 Å². The SMILES string of the molecule is C[C@]12c3ccccc3CN1CCc1c2[nH]c2ccccc12. The second-order valence-electron chi connectivity index (χ2n) is 6.43. The number of hydrogen-bond donors (Lipinski definition) is 1. The van der Waals surface area contributed by atoms with E-state index in [2.05, 4.69) is 65.3 Å². The van der Waals surface area contributed by atoms with E-state index in [4.69, 9.17) is 0 Å². The number of nitrogens with zero attached hydrogens (tertiary/aromatic N) is 1. The molecule has 0 saturated heterocycles. The second-order valence-corrected chi connectivity index (χ2v) is 6.43. The molecule has 2 heteroatoms. The number of benzene rings is 2. The zero-order valence-corrected chi connectivity index (χ0v) is 12.2. The van der Waals surface area contributed by atoms with Gasteiger partial charge in [0.25, 0.3) is 0 Å². The average molecular weight is 274 g/mol. The van der Waals surface area contributed by atoms with E-state index >= 15 is 0 Å². The molecule has 0 saturated carbocycles. The van der Waals surface area contributed by atoms with Crippen molar-refractivity contribution in [2.24, 2.45) is 0 Å². The highest BCUT2D eigenvalue weighted by molar-refractivity contribution is 5.85. The summed E-state index contributed by atoms with van der Waals surface area (Å²) in [4.78, 5) is 6.35. The van der Waals surface area contributed by atoms with Crippen LogP contribution in [0.15, 0.2) is 48.5 Å². The Hall–Kier alpha value is -2.06. The number of aromatic nitrogens is 1. The Morgan fingerprint density at radius 2 is 1.86 bits per heavy atom. The van der Waals surface area contributed by atoms with Crippen LogP contribution in [-0.4, -0.2) is 16.4 Å². The summed E-state index contributed by atoms with van der Waals surface area (Å²) in [5.74, 6) is 0. The van der Waals surface area contributed by atoms with Gasteiger partial charge in [-0.1, -0.05) is 42.5 Å². The fraction of sp³-hybridized carbons (Fsp3) is 0.263. The summed E-state index contributed by atoms with van der Waals surface area (Å²) in [6.45, 7) is 4.59. The van der Waals surface area contributed by atoms with Gasteiger partial charge in [-0.3, -0.25) is 4.90 Å². The van der Waals surface area contributed by atoms with Crippen LogP contribution in [0.4, 0.5) is 0 Å². The lowest BCUT2D eigenvalue weighted by atomic mass is 9.83. The Labute approximate surface area is 124 Å². The summed E-state index contributed by atoms with van der Waals surface area (Å²) < 4.78 is 0. The van der Waals surface area contributed by atoms with Crippen LogP contribution in [0.3, 0.4) is 0 Å². The first kappa shape index (κ1) is 11.6. The third kappa shape index (κ3) is 1.31. The Morgan fingerprint density at radius 3 is 2.81 bits per heavy atom. The van der Waals surface area contributed by atoms with Crippen molar-refractivity contribution < 1.29 is 0 Å². The number of hydrogen-bond acceptors (Lipinski definition) is 1. The molecule has 0 amide bonds. The number of rotatable bonds is 0. The van der Waals surface area contributed by atoms with Gasteiger partial charge in [0, 0.05) is 29.7 Å². The minimum absolute atomic E-state index is 0.00317. The molecule has 3 aromatic rings. The highest BCUT2D eigenvalue weighted by Gasteiger charge is 2.47. The fourth-order valence-corrected chi connectivity index (χ4v) is 4.38. The van der Waals surface area contributed by atoms with Crippen LogP contribution in [0.2, 0.25) is 0 Å². The Balaban J connectivity index is 1.85. The quantitative estimate of drug-likeness (QED) is 0.660. The Morgan fingerprint density at radius 1 is 1.05 bits per heavy atom. The molecule has 0 fully saturated rings. The summed E-state index contributed by atoms with van der Waals surface area (Å²) in [6.07, 6.45) is 1.14. The van der Waals surface area contributed by atoms with Gasteiger partial charge < -0.3 is 4.98 Å². The van der Waals surface area contributed by atoms with E-state index in [0.717, 1.165) is 19.5 Å². The molecule has 5 rings (SSSR count). The monoisotopic (exact) mass is 274 g/mol.